The van der Waals surface area contributed by atoms with Crippen LogP contribution in [-0.2, 0) is 6.54 Å². The van der Waals surface area contributed by atoms with Gasteiger partial charge in [-0.05, 0) is 63.9 Å². The molecule has 3 fully saturated rings. The lowest BCUT2D eigenvalue weighted by Gasteiger charge is -2.31. The van der Waals surface area contributed by atoms with E-state index in [1.165, 1.54) is 32.1 Å². The highest BCUT2D eigenvalue weighted by Crippen LogP contribution is 2.39. The first-order valence-electron chi connectivity index (χ1n) is 9.99. The number of pyridine rings is 1. The zero-order chi connectivity index (χ0) is 17.2. The molecular weight excluding hydrogens is 312 g/mol. The highest BCUT2D eigenvalue weighted by molar-refractivity contribution is 5.75. The lowest BCUT2D eigenvalue weighted by Crippen LogP contribution is -2.47. The van der Waals surface area contributed by atoms with Gasteiger partial charge in [-0.25, -0.2) is 9.78 Å². The van der Waals surface area contributed by atoms with Gasteiger partial charge in [-0.2, -0.15) is 0 Å². The maximum Gasteiger partial charge on any atom is 0.318 e. The van der Waals surface area contributed by atoms with Crippen molar-refractivity contribution in [3.05, 3.63) is 23.9 Å². The average Bonchev–Trinajstić information content (AvgIpc) is 3.54. The van der Waals surface area contributed by atoms with Gasteiger partial charge in [0.2, 0.25) is 0 Å². The molecule has 0 spiro atoms. The fraction of sp³-hybridized carbons (Fsp3) is 0.700. The summed E-state index contributed by atoms with van der Waals surface area (Å²) in [6.07, 6.45) is 10.5. The fourth-order valence-electron chi connectivity index (χ4n) is 4.06. The lowest BCUT2D eigenvalue weighted by molar-refractivity contribution is 0.166. The Bertz CT molecular complexity index is 605. The van der Waals surface area contributed by atoms with E-state index in [0.717, 1.165) is 37.3 Å². The molecule has 0 bridgehead atoms. The van der Waals surface area contributed by atoms with Crippen molar-refractivity contribution in [2.24, 2.45) is 5.92 Å². The topological polar surface area (TPSA) is 48.5 Å². The third-order valence-corrected chi connectivity index (χ3v) is 5.87. The van der Waals surface area contributed by atoms with Gasteiger partial charge in [0.15, 0.2) is 0 Å². The van der Waals surface area contributed by atoms with E-state index in [1.807, 2.05) is 12.3 Å². The number of carbonyl (C=O) groups excluding carboxylic acids is 1. The standard InChI is InChI=1S/C20H30N4O/c1-15(16-7-8-16)24(18-9-10-18)20(25)22-14-17-6-5-11-21-19(17)23-12-3-2-4-13-23/h5-6,11,15-16,18H,2-4,7-10,12-14H2,1H3,(H,22,25)/t15-/m1/s1. The van der Waals surface area contributed by atoms with Crippen molar-refractivity contribution in [3.63, 3.8) is 0 Å². The molecule has 0 radical (unpaired) electrons. The summed E-state index contributed by atoms with van der Waals surface area (Å²) in [5.41, 5.74) is 1.13. The van der Waals surface area contributed by atoms with E-state index < -0.39 is 0 Å². The summed E-state index contributed by atoms with van der Waals surface area (Å²) < 4.78 is 0. The molecule has 4 rings (SSSR count). The molecular formula is C20H30N4O. The van der Waals surface area contributed by atoms with Crippen molar-refractivity contribution in [2.45, 2.75) is 70.5 Å². The number of urea groups is 1. The third kappa shape index (κ3) is 3.91. The van der Waals surface area contributed by atoms with Gasteiger partial charge in [0, 0.05) is 43.5 Å². The SMILES string of the molecule is C[C@H](C1CC1)N(C(=O)NCc1cccnc1N1CCCCC1)C1CC1. The molecule has 3 aliphatic rings. The van der Waals surface area contributed by atoms with E-state index in [0.29, 0.717) is 24.5 Å². The van der Waals surface area contributed by atoms with Crippen LogP contribution in [0, 0.1) is 5.92 Å². The van der Waals surface area contributed by atoms with Crippen LogP contribution in [0.2, 0.25) is 0 Å². The number of anilines is 1. The molecule has 2 amide bonds. The zero-order valence-corrected chi connectivity index (χ0v) is 15.3. The van der Waals surface area contributed by atoms with E-state index in [1.54, 1.807) is 0 Å². The first-order chi connectivity index (χ1) is 12.2. The normalized spacial score (nSPS) is 21.7. The predicted molar refractivity (Wildman–Crippen MR) is 99.6 cm³/mol. The van der Waals surface area contributed by atoms with Crippen molar-refractivity contribution in [2.75, 3.05) is 18.0 Å². The summed E-state index contributed by atoms with van der Waals surface area (Å²) in [7, 11) is 0. The van der Waals surface area contributed by atoms with E-state index in [9.17, 15) is 4.79 Å². The maximum atomic E-state index is 12.8. The summed E-state index contributed by atoms with van der Waals surface area (Å²) in [4.78, 5) is 21.9. The lowest BCUT2D eigenvalue weighted by atomic mass is 10.1. The number of hydrogen-bond acceptors (Lipinski definition) is 3. The minimum absolute atomic E-state index is 0.107. The van der Waals surface area contributed by atoms with Crippen LogP contribution >= 0.6 is 0 Å². The molecule has 0 unspecified atom stereocenters. The smallest absolute Gasteiger partial charge is 0.318 e. The summed E-state index contributed by atoms with van der Waals surface area (Å²) in [6.45, 7) is 4.94. The fourth-order valence-corrected chi connectivity index (χ4v) is 4.06. The van der Waals surface area contributed by atoms with E-state index in [-0.39, 0.29) is 6.03 Å². The van der Waals surface area contributed by atoms with E-state index in [4.69, 9.17) is 0 Å². The Hall–Kier alpha value is -1.78. The van der Waals surface area contributed by atoms with Crippen LogP contribution in [0.1, 0.15) is 57.4 Å². The number of hydrogen-bond donors (Lipinski definition) is 1. The Labute approximate surface area is 150 Å². The molecule has 1 aromatic rings. The van der Waals surface area contributed by atoms with Crippen molar-refractivity contribution >= 4 is 11.8 Å². The molecule has 1 N–H and O–H groups in total. The molecule has 5 nitrogen and oxygen atoms in total. The van der Waals surface area contributed by atoms with Gasteiger partial charge < -0.3 is 15.1 Å². The molecule has 5 heteroatoms. The van der Waals surface area contributed by atoms with Crippen LogP contribution in [0.5, 0.6) is 0 Å². The van der Waals surface area contributed by atoms with Crippen LogP contribution in [0.25, 0.3) is 0 Å². The van der Waals surface area contributed by atoms with Gasteiger partial charge in [-0.3, -0.25) is 0 Å². The van der Waals surface area contributed by atoms with Gasteiger partial charge in [0.1, 0.15) is 5.82 Å². The molecule has 136 valence electrons. The Kier molecular flexibility index (Phi) is 4.82. The van der Waals surface area contributed by atoms with Gasteiger partial charge in [-0.1, -0.05) is 6.07 Å². The summed E-state index contributed by atoms with van der Waals surface area (Å²) in [5.74, 6) is 1.77. The Morgan fingerprint density at radius 1 is 1.28 bits per heavy atom. The second-order valence-corrected chi connectivity index (χ2v) is 7.91. The quantitative estimate of drug-likeness (QED) is 0.860. The number of rotatable bonds is 6. The minimum atomic E-state index is 0.107. The van der Waals surface area contributed by atoms with Gasteiger partial charge >= 0.3 is 6.03 Å². The van der Waals surface area contributed by atoms with Crippen molar-refractivity contribution in [1.29, 1.82) is 0 Å². The number of aromatic nitrogens is 1. The first-order valence-corrected chi connectivity index (χ1v) is 9.99. The minimum Gasteiger partial charge on any atom is -0.356 e. The Morgan fingerprint density at radius 3 is 2.72 bits per heavy atom. The van der Waals surface area contributed by atoms with Crippen LogP contribution in [0.15, 0.2) is 18.3 Å². The van der Waals surface area contributed by atoms with Crippen LogP contribution < -0.4 is 10.2 Å². The van der Waals surface area contributed by atoms with Crippen molar-refractivity contribution in [3.8, 4) is 0 Å². The molecule has 1 saturated heterocycles. The summed E-state index contributed by atoms with van der Waals surface area (Å²) >= 11 is 0. The molecule has 1 aromatic heterocycles. The average molecular weight is 342 g/mol. The molecule has 0 aromatic carbocycles. The second kappa shape index (κ2) is 7.22. The maximum absolute atomic E-state index is 12.8. The first kappa shape index (κ1) is 16.7. The molecule has 1 aliphatic heterocycles. The number of amides is 2. The van der Waals surface area contributed by atoms with Crippen LogP contribution in [0.4, 0.5) is 10.6 Å². The summed E-state index contributed by atoms with van der Waals surface area (Å²) in [6, 6.07) is 5.02. The van der Waals surface area contributed by atoms with Gasteiger partial charge in [-0.15, -0.1) is 0 Å². The monoisotopic (exact) mass is 342 g/mol. The largest absolute Gasteiger partial charge is 0.356 e. The molecule has 2 saturated carbocycles. The van der Waals surface area contributed by atoms with E-state index >= 15 is 0 Å². The van der Waals surface area contributed by atoms with Crippen LogP contribution in [0.3, 0.4) is 0 Å². The Balaban J connectivity index is 1.41. The van der Waals surface area contributed by atoms with Crippen molar-refractivity contribution < 1.29 is 4.79 Å². The second-order valence-electron chi connectivity index (χ2n) is 7.91. The Morgan fingerprint density at radius 2 is 2.04 bits per heavy atom. The third-order valence-electron chi connectivity index (χ3n) is 5.87. The van der Waals surface area contributed by atoms with Crippen LogP contribution in [-0.4, -0.2) is 41.1 Å². The van der Waals surface area contributed by atoms with Crippen molar-refractivity contribution in [1.82, 2.24) is 15.2 Å². The number of nitrogens with one attached hydrogen (secondary N) is 1. The summed E-state index contributed by atoms with van der Waals surface area (Å²) in [5, 5.41) is 3.18. The number of carbonyl (C=O) groups is 1. The predicted octanol–water partition coefficient (Wildman–Crippen LogP) is 3.54. The number of piperidine rings is 1. The number of nitrogens with zero attached hydrogens (tertiary/aromatic N) is 3. The molecule has 2 heterocycles. The highest BCUT2D eigenvalue weighted by Gasteiger charge is 2.41. The highest BCUT2D eigenvalue weighted by atomic mass is 16.2. The molecule has 1 atom stereocenters. The van der Waals surface area contributed by atoms with E-state index in [2.05, 4.69) is 33.1 Å². The van der Waals surface area contributed by atoms with Gasteiger partial charge in [0.25, 0.3) is 0 Å². The molecule has 2 aliphatic carbocycles. The van der Waals surface area contributed by atoms with Gasteiger partial charge in [0.05, 0.1) is 0 Å². The molecule has 25 heavy (non-hydrogen) atoms. The zero-order valence-electron chi connectivity index (χ0n) is 15.3.